The van der Waals surface area contributed by atoms with E-state index < -0.39 is 10.1 Å². The first kappa shape index (κ1) is 10.2. The maximum Gasteiger partial charge on any atom is 0.297 e. The number of hydrogen-bond acceptors (Lipinski definition) is 3. The summed E-state index contributed by atoms with van der Waals surface area (Å²) in [4.78, 5) is 0.0761. The normalized spacial score (nSPS) is 11.5. The van der Waals surface area contributed by atoms with Crippen LogP contribution >= 0.6 is 0 Å². The van der Waals surface area contributed by atoms with Crippen LogP contribution in [0, 0.1) is 7.11 Å². The topological polar surface area (TPSA) is 43.4 Å². The third-order valence-corrected chi connectivity index (χ3v) is 2.85. The van der Waals surface area contributed by atoms with E-state index in [1.165, 1.54) is 12.1 Å². The van der Waals surface area contributed by atoms with Crippen LogP contribution in [0.25, 0.3) is 0 Å². The molecule has 0 aliphatic rings. The van der Waals surface area contributed by atoms with Gasteiger partial charge in [0.2, 0.25) is 0 Å². The van der Waals surface area contributed by atoms with Crippen LogP contribution in [-0.4, -0.2) is 8.42 Å². The first-order valence-corrected chi connectivity index (χ1v) is 5.23. The summed E-state index contributed by atoms with van der Waals surface area (Å²) in [5.41, 5.74) is 1.07. The van der Waals surface area contributed by atoms with E-state index in [2.05, 4.69) is 11.3 Å². The van der Waals surface area contributed by atoms with Crippen LogP contribution in [0.3, 0.4) is 0 Å². The van der Waals surface area contributed by atoms with Crippen molar-refractivity contribution in [2.45, 2.75) is 18.2 Å². The van der Waals surface area contributed by atoms with E-state index in [0.717, 1.165) is 12.0 Å². The lowest BCUT2D eigenvalue weighted by atomic mass is 10.2. The van der Waals surface area contributed by atoms with Gasteiger partial charge in [0, 0.05) is 0 Å². The number of aryl methyl sites for hydroxylation is 1. The molecule has 1 rings (SSSR count). The Morgan fingerprint density at radius 2 is 1.85 bits per heavy atom. The van der Waals surface area contributed by atoms with Crippen LogP contribution < -0.4 is 0 Å². The van der Waals surface area contributed by atoms with Gasteiger partial charge in [0.05, 0.1) is 4.90 Å². The molecule has 0 spiro atoms. The van der Waals surface area contributed by atoms with Crippen LogP contribution in [0.5, 0.6) is 0 Å². The minimum atomic E-state index is -3.75. The molecule has 1 aromatic rings. The minimum Gasteiger partial charge on any atom is -0.257 e. The highest BCUT2D eigenvalue weighted by molar-refractivity contribution is 7.86. The molecule has 0 amide bonds. The maximum absolute atomic E-state index is 11.1. The van der Waals surface area contributed by atoms with E-state index in [1.807, 2.05) is 6.92 Å². The molecule has 0 bridgehead atoms. The smallest absolute Gasteiger partial charge is 0.257 e. The lowest BCUT2D eigenvalue weighted by Crippen LogP contribution is -2.01. The second-order valence-electron chi connectivity index (χ2n) is 2.55. The Hall–Kier alpha value is -0.870. The van der Waals surface area contributed by atoms with E-state index in [4.69, 9.17) is 0 Å². The van der Waals surface area contributed by atoms with Crippen molar-refractivity contribution in [3.8, 4) is 0 Å². The van der Waals surface area contributed by atoms with Crippen molar-refractivity contribution in [3.05, 3.63) is 36.9 Å². The van der Waals surface area contributed by atoms with Crippen molar-refractivity contribution in [2.24, 2.45) is 0 Å². The molecule has 0 aliphatic heterocycles. The van der Waals surface area contributed by atoms with Crippen molar-refractivity contribution < 1.29 is 12.6 Å². The quantitative estimate of drug-likeness (QED) is 0.693. The van der Waals surface area contributed by atoms with Gasteiger partial charge >= 0.3 is 0 Å². The zero-order chi connectivity index (χ0) is 9.90. The fraction of sp³-hybridized carbons (Fsp3) is 0.222. The van der Waals surface area contributed by atoms with E-state index in [-0.39, 0.29) is 4.90 Å². The zero-order valence-corrected chi connectivity index (χ0v) is 8.04. The average Bonchev–Trinajstić information content (AvgIpc) is 2.18. The summed E-state index contributed by atoms with van der Waals surface area (Å²) in [7, 11) is 0.876. The van der Waals surface area contributed by atoms with E-state index in [0.29, 0.717) is 0 Å². The molecular formula is C9H10O3S. The molecule has 0 fully saturated rings. The summed E-state index contributed by atoms with van der Waals surface area (Å²) in [5, 5.41) is 0. The molecular weight excluding hydrogens is 188 g/mol. The summed E-state index contributed by atoms with van der Waals surface area (Å²) < 4.78 is 26.0. The molecule has 3 nitrogen and oxygen atoms in total. The molecule has 1 aromatic carbocycles. The second kappa shape index (κ2) is 3.89. The van der Waals surface area contributed by atoms with Crippen molar-refractivity contribution in [2.75, 3.05) is 0 Å². The van der Waals surface area contributed by atoms with Crippen LogP contribution in [0.15, 0.2) is 29.2 Å². The van der Waals surface area contributed by atoms with Gasteiger partial charge in [0.25, 0.3) is 10.1 Å². The summed E-state index contributed by atoms with van der Waals surface area (Å²) in [5.74, 6) is 0. The van der Waals surface area contributed by atoms with Crippen molar-refractivity contribution >= 4 is 10.1 Å². The van der Waals surface area contributed by atoms with Crippen molar-refractivity contribution in [3.63, 3.8) is 0 Å². The van der Waals surface area contributed by atoms with E-state index >= 15 is 0 Å². The van der Waals surface area contributed by atoms with Crippen LogP contribution in [0.2, 0.25) is 0 Å². The Balaban J connectivity index is 3.06. The Morgan fingerprint density at radius 3 is 2.23 bits per heavy atom. The van der Waals surface area contributed by atoms with Crippen LogP contribution in [0.4, 0.5) is 0 Å². The zero-order valence-electron chi connectivity index (χ0n) is 7.23. The van der Waals surface area contributed by atoms with Crippen molar-refractivity contribution in [1.82, 2.24) is 0 Å². The Bertz CT molecular complexity index is 364. The second-order valence-corrected chi connectivity index (χ2v) is 4.12. The summed E-state index contributed by atoms with van der Waals surface area (Å²) in [6.07, 6.45) is 0.865. The lowest BCUT2D eigenvalue weighted by molar-refractivity contribution is 0.438. The number of hydrogen-bond donors (Lipinski definition) is 0. The molecule has 0 saturated carbocycles. The van der Waals surface area contributed by atoms with E-state index in [9.17, 15) is 8.42 Å². The summed E-state index contributed by atoms with van der Waals surface area (Å²) in [6, 6.07) is 6.40. The third-order valence-electron chi connectivity index (χ3n) is 1.75. The Labute approximate surface area is 78.5 Å². The predicted octanol–water partition coefficient (Wildman–Crippen LogP) is 1.62. The first-order chi connectivity index (χ1) is 6.10. The van der Waals surface area contributed by atoms with Gasteiger partial charge in [0.15, 0.2) is 0 Å². The SMILES string of the molecule is [CH]OS(=O)(=O)c1ccc(CC)cc1. The monoisotopic (exact) mass is 198 g/mol. The fourth-order valence-electron chi connectivity index (χ4n) is 0.947. The number of rotatable bonds is 3. The van der Waals surface area contributed by atoms with Gasteiger partial charge in [-0.1, -0.05) is 19.1 Å². The van der Waals surface area contributed by atoms with Crippen molar-refractivity contribution in [1.29, 1.82) is 0 Å². The molecule has 4 heteroatoms. The Kier molecular flexibility index (Phi) is 3.06. The Morgan fingerprint density at radius 1 is 1.31 bits per heavy atom. The minimum absolute atomic E-state index is 0.0761. The lowest BCUT2D eigenvalue weighted by Gasteiger charge is -2.01. The highest BCUT2D eigenvalue weighted by Gasteiger charge is 2.11. The van der Waals surface area contributed by atoms with Crippen LogP contribution in [-0.2, 0) is 20.7 Å². The van der Waals surface area contributed by atoms with Gasteiger partial charge in [-0.25, -0.2) is 0 Å². The molecule has 0 aromatic heterocycles. The van der Waals surface area contributed by atoms with Gasteiger partial charge in [-0.05, 0) is 24.1 Å². The van der Waals surface area contributed by atoms with Gasteiger partial charge in [-0.3, -0.25) is 4.18 Å². The molecule has 2 radical (unpaired) electrons. The standard InChI is InChI=1S/C9H10O3S/c1-3-8-4-6-9(7-5-8)13(10,11)12-2/h2,4-7H,3H2,1H3. The first-order valence-electron chi connectivity index (χ1n) is 3.82. The highest BCUT2D eigenvalue weighted by Crippen LogP contribution is 2.12. The highest BCUT2D eigenvalue weighted by atomic mass is 32.2. The molecule has 0 N–H and O–H groups in total. The average molecular weight is 198 g/mol. The molecule has 0 saturated heterocycles. The van der Waals surface area contributed by atoms with E-state index in [1.54, 1.807) is 12.1 Å². The fourth-order valence-corrected chi connectivity index (χ4v) is 1.53. The molecule has 0 atom stereocenters. The molecule has 0 unspecified atom stereocenters. The van der Waals surface area contributed by atoms with Gasteiger partial charge in [-0.2, -0.15) is 8.42 Å². The third kappa shape index (κ3) is 2.29. The van der Waals surface area contributed by atoms with Crippen LogP contribution in [0.1, 0.15) is 12.5 Å². The van der Waals surface area contributed by atoms with Gasteiger partial charge in [0.1, 0.15) is 7.11 Å². The molecule has 70 valence electrons. The summed E-state index contributed by atoms with van der Waals surface area (Å²) >= 11 is 0. The van der Waals surface area contributed by atoms with Gasteiger partial charge < -0.3 is 0 Å². The predicted molar refractivity (Wildman–Crippen MR) is 48.4 cm³/mol. The summed E-state index contributed by atoms with van der Waals surface area (Å²) in [6.45, 7) is 1.99. The van der Waals surface area contributed by atoms with Gasteiger partial charge in [-0.15, -0.1) is 0 Å². The maximum atomic E-state index is 11.1. The molecule has 0 aliphatic carbocycles. The largest absolute Gasteiger partial charge is 0.297 e. The molecule has 13 heavy (non-hydrogen) atoms. The molecule has 0 heterocycles. The number of benzene rings is 1.